The molecule has 0 atom stereocenters. The van der Waals surface area contributed by atoms with E-state index in [0.717, 1.165) is 23.0 Å². The van der Waals surface area contributed by atoms with Crippen molar-refractivity contribution in [2.75, 3.05) is 24.9 Å². The van der Waals surface area contributed by atoms with E-state index in [-0.39, 0.29) is 17.4 Å². The van der Waals surface area contributed by atoms with Crippen molar-refractivity contribution >= 4 is 28.4 Å². The molecule has 0 aliphatic heterocycles. The molecule has 0 saturated heterocycles. The van der Waals surface area contributed by atoms with Gasteiger partial charge in [-0.3, -0.25) is 10.3 Å². The highest BCUT2D eigenvalue weighted by atomic mass is 19.3. The second kappa shape index (κ2) is 11.0. The molecule has 210 valence electrons. The second-order valence-electron chi connectivity index (χ2n) is 8.69. The number of carbonyl (C=O) groups excluding carboxylic acids is 1. The van der Waals surface area contributed by atoms with Gasteiger partial charge in [-0.1, -0.05) is 6.07 Å². The van der Waals surface area contributed by atoms with Crippen LogP contribution in [0.2, 0.25) is 0 Å². The number of nitrogens with one attached hydrogen (secondary N) is 2. The molecule has 0 saturated carbocycles. The SMILES string of the molecule is COc1cc2ncnc(Oc3cccc(NC(=O)Nc4cc(C(C)(F)F)nn4-c4cncc(F)c4)c3)c2cc1OC. The highest BCUT2D eigenvalue weighted by Crippen LogP contribution is 2.36. The fraction of sp³-hybridized carbons (Fsp3) is 0.148. The van der Waals surface area contributed by atoms with Crippen LogP contribution in [-0.2, 0) is 5.92 Å². The van der Waals surface area contributed by atoms with Crippen LogP contribution in [0, 0.1) is 5.82 Å². The van der Waals surface area contributed by atoms with Gasteiger partial charge in [-0.2, -0.15) is 13.9 Å². The molecule has 5 aromatic rings. The van der Waals surface area contributed by atoms with E-state index in [4.69, 9.17) is 14.2 Å². The summed E-state index contributed by atoms with van der Waals surface area (Å²) in [5, 5.41) is 9.46. The quantitative estimate of drug-likeness (QED) is 0.238. The number of hydrogen-bond acceptors (Lipinski definition) is 8. The average molecular weight is 566 g/mol. The maximum absolute atomic E-state index is 14.0. The zero-order chi connectivity index (χ0) is 29.1. The first-order valence-electron chi connectivity index (χ1n) is 12.0. The lowest BCUT2D eigenvalue weighted by Crippen LogP contribution is -2.21. The number of aromatic nitrogens is 5. The molecule has 2 N–H and O–H groups in total. The van der Waals surface area contributed by atoms with E-state index < -0.39 is 23.5 Å². The maximum Gasteiger partial charge on any atom is 0.324 e. The van der Waals surface area contributed by atoms with E-state index in [2.05, 4.69) is 30.7 Å². The first-order chi connectivity index (χ1) is 19.6. The molecule has 14 heteroatoms. The summed E-state index contributed by atoms with van der Waals surface area (Å²) >= 11 is 0. The van der Waals surface area contributed by atoms with Crippen molar-refractivity contribution in [2.45, 2.75) is 12.8 Å². The standard InChI is InChI=1S/C27H22F3N7O4/c1-27(29,30)23-11-24(37(36-23)17-7-15(28)12-31-13-17)35-26(38)34-16-5-4-6-18(8-16)41-25-19-9-21(39-2)22(40-3)10-20(19)32-14-33-25/h4-14H,1-3H3,(H2,34,35,38). The summed E-state index contributed by atoms with van der Waals surface area (Å²) < 4.78 is 59.4. The van der Waals surface area contributed by atoms with Gasteiger partial charge < -0.3 is 19.5 Å². The van der Waals surface area contributed by atoms with Crippen LogP contribution in [0.4, 0.5) is 29.5 Å². The molecule has 5 rings (SSSR count). The third-order valence-corrected chi connectivity index (χ3v) is 5.75. The van der Waals surface area contributed by atoms with Gasteiger partial charge in [0.2, 0.25) is 5.88 Å². The molecule has 0 bridgehead atoms. The van der Waals surface area contributed by atoms with Gasteiger partial charge in [-0.05, 0) is 18.2 Å². The Hall–Kier alpha value is -5.40. The summed E-state index contributed by atoms with van der Waals surface area (Å²) in [5.41, 5.74) is 0.289. The molecule has 2 aromatic carbocycles. The number of urea groups is 1. The maximum atomic E-state index is 14.0. The number of alkyl halides is 2. The minimum atomic E-state index is -3.31. The molecule has 0 aliphatic carbocycles. The summed E-state index contributed by atoms with van der Waals surface area (Å²) in [6.45, 7) is 0.659. The first kappa shape index (κ1) is 27.2. The number of anilines is 2. The average Bonchev–Trinajstić information content (AvgIpc) is 3.37. The van der Waals surface area contributed by atoms with E-state index in [1.807, 2.05) is 0 Å². The summed E-state index contributed by atoms with van der Waals surface area (Å²) in [6.07, 6.45) is 3.51. The molecular formula is C27H22F3N7O4. The van der Waals surface area contributed by atoms with Crippen LogP contribution in [0.25, 0.3) is 16.6 Å². The van der Waals surface area contributed by atoms with Crippen molar-refractivity contribution in [3.05, 3.63) is 78.8 Å². The molecule has 0 radical (unpaired) electrons. The lowest BCUT2D eigenvalue weighted by Gasteiger charge is -2.12. The number of fused-ring (bicyclic) bond motifs is 1. The summed E-state index contributed by atoms with van der Waals surface area (Å²) in [7, 11) is 3.02. The molecular weight excluding hydrogens is 543 g/mol. The largest absolute Gasteiger partial charge is 0.493 e. The number of ether oxygens (including phenoxy) is 3. The van der Waals surface area contributed by atoms with E-state index in [1.165, 1.54) is 32.8 Å². The Morgan fingerprint density at radius 2 is 1.76 bits per heavy atom. The van der Waals surface area contributed by atoms with Gasteiger partial charge in [-0.15, -0.1) is 0 Å². The highest BCUT2D eigenvalue weighted by Gasteiger charge is 2.30. The summed E-state index contributed by atoms with van der Waals surface area (Å²) in [5.74, 6) is -2.62. The van der Waals surface area contributed by atoms with Gasteiger partial charge in [0, 0.05) is 36.9 Å². The molecule has 41 heavy (non-hydrogen) atoms. The normalized spacial score (nSPS) is 11.3. The van der Waals surface area contributed by atoms with E-state index >= 15 is 0 Å². The predicted octanol–water partition coefficient (Wildman–Crippen LogP) is 5.91. The Labute approximate surface area is 230 Å². The van der Waals surface area contributed by atoms with Gasteiger partial charge >= 0.3 is 6.03 Å². The van der Waals surface area contributed by atoms with E-state index in [0.29, 0.717) is 40.8 Å². The minimum Gasteiger partial charge on any atom is -0.493 e. The molecule has 3 aromatic heterocycles. The Morgan fingerprint density at radius 1 is 0.976 bits per heavy atom. The van der Waals surface area contributed by atoms with Crippen LogP contribution in [0.1, 0.15) is 12.6 Å². The molecule has 0 fully saturated rings. The first-order valence-corrected chi connectivity index (χ1v) is 12.0. The van der Waals surface area contributed by atoms with Crippen molar-refractivity contribution < 1.29 is 32.2 Å². The third-order valence-electron chi connectivity index (χ3n) is 5.75. The van der Waals surface area contributed by atoms with Crippen molar-refractivity contribution in [2.24, 2.45) is 0 Å². The van der Waals surface area contributed by atoms with Crippen molar-refractivity contribution in [1.82, 2.24) is 24.7 Å². The van der Waals surface area contributed by atoms with Gasteiger partial charge in [0.05, 0.1) is 43.2 Å². The number of carbonyl (C=O) groups is 1. The number of rotatable bonds is 8. The zero-order valence-electron chi connectivity index (χ0n) is 21.9. The Morgan fingerprint density at radius 3 is 2.49 bits per heavy atom. The molecule has 0 aliphatic rings. The Bertz CT molecular complexity index is 1740. The summed E-state index contributed by atoms with van der Waals surface area (Å²) in [4.78, 5) is 25.0. The third kappa shape index (κ3) is 5.95. The second-order valence-corrected chi connectivity index (χ2v) is 8.69. The van der Waals surface area contributed by atoms with Crippen LogP contribution < -0.4 is 24.8 Å². The number of hydrogen-bond donors (Lipinski definition) is 2. The summed E-state index contributed by atoms with van der Waals surface area (Å²) in [6, 6.07) is 11.1. The molecule has 0 spiro atoms. The van der Waals surface area contributed by atoms with Crippen LogP contribution in [0.15, 0.2) is 67.3 Å². The Kier molecular flexibility index (Phi) is 7.29. The number of benzene rings is 2. The number of halogens is 3. The number of nitrogens with zero attached hydrogens (tertiary/aromatic N) is 5. The number of methoxy groups -OCH3 is 2. The molecule has 11 nitrogen and oxygen atoms in total. The van der Waals surface area contributed by atoms with Crippen molar-refractivity contribution in [3.63, 3.8) is 0 Å². The van der Waals surface area contributed by atoms with E-state index in [1.54, 1.807) is 30.3 Å². The van der Waals surface area contributed by atoms with Gasteiger partial charge in [0.15, 0.2) is 11.5 Å². The van der Waals surface area contributed by atoms with Crippen molar-refractivity contribution in [3.8, 4) is 28.8 Å². The molecule has 0 unspecified atom stereocenters. The van der Waals surface area contributed by atoms with Gasteiger partial charge in [0.1, 0.15) is 29.4 Å². The molecule has 2 amide bonds. The topological polar surface area (TPSA) is 125 Å². The minimum absolute atomic E-state index is 0.0394. The van der Waals surface area contributed by atoms with Gasteiger partial charge in [0.25, 0.3) is 5.92 Å². The van der Waals surface area contributed by atoms with Crippen LogP contribution in [0.3, 0.4) is 0 Å². The lowest BCUT2D eigenvalue weighted by atomic mass is 10.2. The smallest absolute Gasteiger partial charge is 0.324 e. The monoisotopic (exact) mass is 565 g/mol. The zero-order valence-corrected chi connectivity index (χ0v) is 21.9. The predicted molar refractivity (Wildman–Crippen MR) is 143 cm³/mol. The van der Waals surface area contributed by atoms with Crippen LogP contribution in [0.5, 0.6) is 23.1 Å². The van der Waals surface area contributed by atoms with E-state index in [9.17, 15) is 18.0 Å². The number of amides is 2. The van der Waals surface area contributed by atoms with Gasteiger partial charge in [-0.25, -0.2) is 23.8 Å². The lowest BCUT2D eigenvalue weighted by molar-refractivity contribution is 0.0124. The highest BCUT2D eigenvalue weighted by molar-refractivity contribution is 5.99. The van der Waals surface area contributed by atoms with Crippen LogP contribution in [-0.4, -0.2) is 45.0 Å². The van der Waals surface area contributed by atoms with Crippen molar-refractivity contribution in [1.29, 1.82) is 0 Å². The molecule has 3 heterocycles. The fourth-order valence-electron chi connectivity index (χ4n) is 3.87. The Balaban J connectivity index is 1.37. The number of pyridine rings is 1. The van der Waals surface area contributed by atoms with Crippen LogP contribution >= 0.6 is 0 Å². The fourth-order valence-corrected chi connectivity index (χ4v) is 3.87.